The molecule has 2 heteroatoms. The first-order valence-electron chi connectivity index (χ1n) is 5.91. The number of ether oxygens (including phenoxy) is 2. The van der Waals surface area contributed by atoms with Gasteiger partial charge in [-0.15, -0.1) is 0 Å². The Labute approximate surface area is 104 Å². The fraction of sp³-hybridized carbons (Fsp3) is 0.467. The summed E-state index contributed by atoms with van der Waals surface area (Å²) in [5.74, 6) is 0.980. The molecule has 1 aromatic rings. The van der Waals surface area contributed by atoms with E-state index < -0.39 is 0 Å². The smallest absolute Gasteiger partial charge is 0.126 e. The largest absolute Gasteiger partial charge is 0.491 e. The molecule has 0 aliphatic heterocycles. The summed E-state index contributed by atoms with van der Waals surface area (Å²) < 4.78 is 11.0. The van der Waals surface area contributed by atoms with Gasteiger partial charge in [-0.1, -0.05) is 31.7 Å². The average molecular weight is 234 g/mol. The molecule has 0 radical (unpaired) electrons. The molecule has 1 aliphatic rings. The highest BCUT2D eigenvalue weighted by Gasteiger charge is 2.09. The Kier molecular flexibility index (Phi) is 5.78. The van der Waals surface area contributed by atoms with Crippen LogP contribution < -0.4 is 4.74 Å². The first kappa shape index (κ1) is 13.8. The van der Waals surface area contributed by atoms with Crippen molar-refractivity contribution in [2.75, 3.05) is 19.8 Å². The van der Waals surface area contributed by atoms with Crippen LogP contribution >= 0.6 is 0 Å². The minimum absolute atomic E-state index is 0. The molecule has 0 N–H and O–H groups in total. The molecule has 0 aromatic heterocycles. The topological polar surface area (TPSA) is 18.5 Å². The molecular weight excluding hydrogens is 212 g/mol. The molecule has 0 fully saturated rings. The number of hydrogen-bond acceptors (Lipinski definition) is 2. The van der Waals surface area contributed by atoms with E-state index in [0.717, 1.165) is 25.2 Å². The van der Waals surface area contributed by atoms with E-state index in [9.17, 15) is 0 Å². The maximum atomic E-state index is 5.73. The van der Waals surface area contributed by atoms with E-state index in [0.29, 0.717) is 13.2 Å². The summed E-state index contributed by atoms with van der Waals surface area (Å²) in [6.07, 6.45) is 6.62. The predicted octanol–water partition coefficient (Wildman–Crippen LogP) is 3.70. The number of rotatable bonds is 5. The van der Waals surface area contributed by atoms with Gasteiger partial charge in [0.25, 0.3) is 0 Å². The van der Waals surface area contributed by atoms with Crippen LogP contribution in [0.1, 0.15) is 31.9 Å². The van der Waals surface area contributed by atoms with Gasteiger partial charge in [-0.25, -0.2) is 0 Å². The molecule has 0 saturated heterocycles. The summed E-state index contributed by atoms with van der Waals surface area (Å²) in [6.45, 7) is 4.02. The molecule has 0 amide bonds. The first-order valence-corrected chi connectivity index (χ1v) is 5.91. The van der Waals surface area contributed by atoms with Gasteiger partial charge >= 0.3 is 0 Å². The predicted molar refractivity (Wildman–Crippen MR) is 72.5 cm³/mol. The minimum Gasteiger partial charge on any atom is -0.491 e. The van der Waals surface area contributed by atoms with E-state index >= 15 is 0 Å². The van der Waals surface area contributed by atoms with Crippen LogP contribution in [-0.4, -0.2) is 19.8 Å². The van der Waals surface area contributed by atoms with Crippen LogP contribution in [-0.2, 0) is 11.2 Å². The van der Waals surface area contributed by atoms with Crippen LogP contribution in [0.5, 0.6) is 5.75 Å². The molecule has 0 spiro atoms. The van der Waals surface area contributed by atoms with Gasteiger partial charge in [-0.05, 0) is 31.4 Å². The van der Waals surface area contributed by atoms with E-state index in [2.05, 4.69) is 24.3 Å². The fourth-order valence-electron chi connectivity index (χ4n) is 1.92. The summed E-state index contributed by atoms with van der Waals surface area (Å²) >= 11 is 0. The Hall–Kier alpha value is -1.28. The second-order valence-corrected chi connectivity index (χ2v) is 3.82. The van der Waals surface area contributed by atoms with Crippen LogP contribution in [0, 0.1) is 0 Å². The molecule has 1 aromatic carbocycles. The Morgan fingerprint density at radius 1 is 1.24 bits per heavy atom. The number of allylic oxidation sites excluding steroid dienone is 1. The first-order chi connectivity index (χ1) is 7.92. The Morgan fingerprint density at radius 3 is 2.94 bits per heavy atom. The third kappa shape index (κ3) is 3.60. The third-order valence-corrected chi connectivity index (χ3v) is 2.71. The van der Waals surface area contributed by atoms with Crippen molar-refractivity contribution in [1.82, 2.24) is 0 Å². The number of hydrogen-bond donors (Lipinski definition) is 0. The Bertz CT molecular complexity index is 369. The fourth-order valence-corrected chi connectivity index (χ4v) is 1.92. The Balaban J connectivity index is 0.00000144. The highest BCUT2D eigenvalue weighted by molar-refractivity contribution is 5.63. The molecule has 0 heterocycles. The van der Waals surface area contributed by atoms with Gasteiger partial charge in [0, 0.05) is 12.2 Å². The van der Waals surface area contributed by atoms with Crippen molar-refractivity contribution < 1.29 is 9.47 Å². The van der Waals surface area contributed by atoms with E-state index in [-0.39, 0.29) is 7.43 Å². The highest BCUT2D eigenvalue weighted by atomic mass is 16.5. The van der Waals surface area contributed by atoms with Crippen LogP contribution in [0.3, 0.4) is 0 Å². The standard InChI is InChI=1S/C14H18O2.CH4/c1-2-15-10-11-16-14-9-5-7-12-6-3-4-8-13(12)14;/h4-5,7-9H,2-3,6,10-11H2,1H3;1H4. The van der Waals surface area contributed by atoms with Crippen LogP contribution in [0.25, 0.3) is 6.08 Å². The molecule has 0 bridgehead atoms. The lowest BCUT2D eigenvalue weighted by atomic mass is 9.97. The number of fused-ring (bicyclic) bond motifs is 1. The molecular formula is C15H22O2. The van der Waals surface area contributed by atoms with Crippen molar-refractivity contribution in [1.29, 1.82) is 0 Å². The van der Waals surface area contributed by atoms with Gasteiger partial charge < -0.3 is 9.47 Å². The maximum Gasteiger partial charge on any atom is 0.126 e. The normalized spacial score (nSPS) is 12.8. The van der Waals surface area contributed by atoms with Crippen molar-refractivity contribution in [3.8, 4) is 5.75 Å². The monoisotopic (exact) mass is 234 g/mol. The molecule has 2 rings (SSSR count). The highest BCUT2D eigenvalue weighted by Crippen LogP contribution is 2.28. The van der Waals surface area contributed by atoms with Crippen molar-refractivity contribution in [3.63, 3.8) is 0 Å². The lowest BCUT2D eigenvalue weighted by Crippen LogP contribution is -2.08. The molecule has 0 atom stereocenters. The summed E-state index contributed by atoms with van der Waals surface area (Å²) in [4.78, 5) is 0. The van der Waals surface area contributed by atoms with Crippen LogP contribution in [0.2, 0.25) is 0 Å². The molecule has 1 aliphatic carbocycles. The Morgan fingerprint density at radius 2 is 2.12 bits per heavy atom. The van der Waals surface area contributed by atoms with E-state index in [1.807, 2.05) is 13.0 Å². The van der Waals surface area contributed by atoms with Crippen LogP contribution in [0.4, 0.5) is 0 Å². The lowest BCUT2D eigenvalue weighted by Gasteiger charge is -2.15. The van der Waals surface area contributed by atoms with Crippen molar-refractivity contribution >= 4 is 6.08 Å². The molecule has 0 unspecified atom stereocenters. The second kappa shape index (κ2) is 7.13. The van der Waals surface area contributed by atoms with Gasteiger partial charge in [0.15, 0.2) is 0 Å². The van der Waals surface area contributed by atoms with Crippen molar-refractivity contribution in [2.24, 2.45) is 0 Å². The summed E-state index contributed by atoms with van der Waals surface area (Å²) in [5.41, 5.74) is 2.63. The van der Waals surface area contributed by atoms with Gasteiger partial charge in [0.1, 0.15) is 12.4 Å². The van der Waals surface area contributed by atoms with Gasteiger partial charge in [-0.2, -0.15) is 0 Å². The minimum atomic E-state index is 0. The van der Waals surface area contributed by atoms with Gasteiger partial charge in [0.05, 0.1) is 6.61 Å². The maximum absolute atomic E-state index is 5.73. The summed E-state index contributed by atoms with van der Waals surface area (Å²) in [5, 5.41) is 0. The lowest BCUT2D eigenvalue weighted by molar-refractivity contribution is 0.110. The molecule has 2 nitrogen and oxygen atoms in total. The van der Waals surface area contributed by atoms with Crippen molar-refractivity contribution in [3.05, 3.63) is 35.4 Å². The number of aryl methyl sites for hydroxylation is 1. The molecule has 94 valence electrons. The van der Waals surface area contributed by atoms with E-state index in [1.54, 1.807) is 0 Å². The molecule has 0 saturated carbocycles. The second-order valence-electron chi connectivity index (χ2n) is 3.82. The zero-order valence-electron chi connectivity index (χ0n) is 9.74. The zero-order chi connectivity index (χ0) is 11.2. The van der Waals surface area contributed by atoms with Crippen molar-refractivity contribution in [2.45, 2.75) is 27.2 Å². The number of benzene rings is 1. The SMILES string of the molecule is C.CCOCCOc1cccc2c1C=CCC2. The summed E-state index contributed by atoms with van der Waals surface area (Å²) in [7, 11) is 0. The average Bonchev–Trinajstić information content (AvgIpc) is 2.35. The third-order valence-electron chi connectivity index (χ3n) is 2.71. The van der Waals surface area contributed by atoms with Gasteiger partial charge in [-0.3, -0.25) is 0 Å². The van der Waals surface area contributed by atoms with Crippen LogP contribution in [0.15, 0.2) is 24.3 Å². The van der Waals surface area contributed by atoms with E-state index in [1.165, 1.54) is 11.1 Å². The van der Waals surface area contributed by atoms with E-state index in [4.69, 9.17) is 9.47 Å². The van der Waals surface area contributed by atoms with Gasteiger partial charge in [0.2, 0.25) is 0 Å². The summed E-state index contributed by atoms with van der Waals surface area (Å²) in [6, 6.07) is 6.27. The zero-order valence-corrected chi connectivity index (χ0v) is 9.74. The molecule has 17 heavy (non-hydrogen) atoms. The quantitative estimate of drug-likeness (QED) is 0.723.